The molecule has 13 atom stereocenters. The Bertz CT molecular complexity index is 2580. The van der Waals surface area contributed by atoms with Gasteiger partial charge in [0.05, 0.1) is 11.7 Å². The Morgan fingerprint density at radius 3 is 1.35 bits per heavy atom. The number of allylic oxidation sites excluding steroid dienone is 2. The van der Waals surface area contributed by atoms with Crippen LogP contribution < -0.4 is 16.0 Å². The van der Waals surface area contributed by atoms with Gasteiger partial charge in [-0.05, 0) is 116 Å². The summed E-state index contributed by atoms with van der Waals surface area (Å²) in [6.45, 7) is 29.6. The molecule has 0 bridgehead atoms. The molecule has 0 saturated carbocycles. The molecule has 25 nitrogen and oxygen atoms in total. The van der Waals surface area contributed by atoms with Crippen LogP contribution in [0.5, 0.6) is 0 Å². The molecule has 1 saturated heterocycles. The number of hydrogen-bond acceptors (Lipinski definition) is 15. The van der Waals surface area contributed by atoms with Crippen LogP contribution >= 0.6 is 11.8 Å². The zero-order chi connectivity index (χ0) is 73.0. The van der Waals surface area contributed by atoms with Gasteiger partial charge in [-0.15, -0.1) is 0 Å². The molecule has 1 rings (SSSR count). The van der Waals surface area contributed by atoms with E-state index in [9.17, 15) is 34.2 Å². The second kappa shape index (κ2) is 38.8. The predicted octanol–water partition coefficient (Wildman–Crippen LogP) is 3.39. The van der Waals surface area contributed by atoms with Crippen LogP contribution in [-0.4, -0.2) is 286 Å². The van der Waals surface area contributed by atoms with Crippen molar-refractivity contribution < 1.29 is 63.0 Å². The molecular formula is C68H124N12O13S. The fourth-order valence-electron chi connectivity index (χ4n) is 11.8. The zero-order valence-corrected chi connectivity index (χ0v) is 63.0. The summed E-state index contributed by atoms with van der Waals surface area (Å²) in [4.78, 5) is 176. The van der Waals surface area contributed by atoms with Crippen molar-refractivity contribution in [2.24, 2.45) is 35.5 Å². The van der Waals surface area contributed by atoms with Crippen LogP contribution in [0.3, 0.4) is 0 Å². The van der Waals surface area contributed by atoms with Crippen molar-refractivity contribution in [2.45, 2.75) is 234 Å². The smallest absolute Gasteiger partial charge is 0.248 e. The van der Waals surface area contributed by atoms with Crippen LogP contribution in [0.25, 0.3) is 0 Å². The number of aliphatic hydroxyl groups is 2. The Balaban J connectivity index is 4.62. The first-order chi connectivity index (χ1) is 43.2. The molecule has 11 amide bonds. The van der Waals surface area contributed by atoms with Crippen molar-refractivity contribution >= 4 is 76.7 Å². The Kier molecular flexibility index (Phi) is 35.5. The van der Waals surface area contributed by atoms with Gasteiger partial charge in [-0.25, -0.2) is 0 Å². The molecule has 1 fully saturated rings. The monoisotopic (exact) mass is 1350 g/mol. The summed E-state index contributed by atoms with van der Waals surface area (Å²) >= 11 is 1.37. The van der Waals surface area contributed by atoms with Gasteiger partial charge < -0.3 is 70.3 Å². The number of rotatable bonds is 20. The van der Waals surface area contributed by atoms with Gasteiger partial charge in [-0.2, -0.15) is 11.8 Å². The minimum absolute atomic E-state index is 0.00258. The third-order valence-electron chi connectivity index (χ3n) is 17.8. The van der Waals surface area contributed by atoms with E-state index in [1.165, 1.54) is 120 Å². The Morgan fingerprint density at radius 2 is 0.894 bits per heavy atom. The molecule has 0 radical (unpaired) electrons. The summed E-state index contributed by atoms with van der Waals surface area (Å²) in [5.41, 5.74) is -1.58. The van der Waals surface area contributed by atoms with Gasteiger partial charge in [-0.1, -0.05) is 95.2 Å². The SMILES string of the molecule is C/C=C/C[C@@H](C)[C@@H](O)[C@H]1C(=O)N(C)[C@@H](CC)C(=O)N(C)[C@H](CSCCN(C)C)C(=O)N(C)[C@@H](CC(C)(C)O)C(=O)N[C@@H](C(C)C)C(=O)N(C)[C@@H](CC(C)C)C(=O)N[C@@H](C)C(=O)N[C@H](C)C(=O)N(C)[C@@H](CC(C)C)C(=O)N(C)[C@@H](CC(C)C)C(=O)N(C)[C@@H](C(C)C)C(=O)N1C. The second-order valence-corrected chi connectivity index (χ2v) is 30.1. The molecule has 1 aliphatic heterocycles. The first-order valence-corrected chi connectivity index (χ1v) is 34.7. The molecule has 1 heterocycles. The van der Waals surface area contributed by atoms with E-state index in [-0.39, 0.29) is 55.6 Å². The minimum Gasteiger partial charge on any atom is -0.390 e. The normalized spacial score (nSPS) is 26.6. The highest BCUT2D eigenvalue weighted by molar-refractivity contribution is 7.99. The highest BCUT2D eigenvalue weighted by atomic mass is 32.2. The van der Waals surface area contributed by atoms with E-state index in [0.29, 0.717) is 18.7 Å². The molecule has 0 aliphatic carbocycles. The first-order valence-electron chi connectivity index (χ1n) is 33.5. The van der Waals surface area contributed by atoms with Gasteiger partial charge in [0.15, 0.2) is 0 Å². The lowest BCUT2D eigenvalue weighted by Gasteiger charge is -2.43. The molecule has 540 valence electrons. The molecule has 26 heteroatoms. The number of likely N-dealkylation sites (N-methyl/N-ethyl adjacent to an activating group) is 8. The van der Waals surface area contributed by atoms with E-state index in [1.54, 1.807) is 54.5 Å². The lowest BCUT2D eigenvalue weighted by Crippen LogP contribution is -2.64. The highest BCUT2D eigenvalue weighted by Crippen LogP contribution is 2.28. The predicted molar refractivity (Wildman–Crippen MR) is 369 cm³/mol. The lowest BCUT2D eigenvalue weighted by molar-refractivity contribution is -0.161. The summed E-state index contributed by atoms with van der Waals surface area (Å²) in [6, 6.07) is -14.3. The molecule has 0 spiro atoms. The molecule has 0 aromatic rings. The Morgan fingerprint density at radius 1 is 0.500 bits per heavy atom. The van der Waals surface area contributed by atoms with E-state index in [0.717, 1.165) is 14.7 Å². The third-order valence-corrected chi connectivity index (χ3v) is 18.8. The van der Waals surface area contributed by atoms with Crippen LogP contribution in [0.4, 0.5) is 0 Å². The largest absolute Gasteiger partial charge is 0.390 e. The van der Waals surface area contributed by atoms with Crippen LogP contribution in [0.15, 0.2) is 12.2 Å². The summed E-state index contributed by atoms with van der Waals surface area (Å²) in [7, 11) is 15.1. The second-order valence-electron chi connectivity index (χ2n) is 29.0. The number of thioether (sulfide) groups is 1. The van der Waals surface area contributed by atoms with Gasteiger partial charge in [0.1, 0.15) is 66.5 Å². The number of aliphatic hydroxyl groups excluding tert-OH is 1. The van der Waals surface area contributed by atoms with E-state index >= 15 is 28.8 Å². The maximum atomic E-state index is 15.5. The van der Waals surface area contributed by atoms with Crippen molar-refractivity contribution in [3.8, 4) is 0 Å². The van der Waals surface area contributed by atoms with Crippen molar-refractivity contribution in [3.63, 3.8) is 0 Å². The van der Waals surface area contributed by atoms with Crippen LogP contribution in [0.2, 0.25) is 0 Å². The fourth-order valence-corrected chi connectivity index (χ4v) is 13.0. The Hall–Kier alpha value is -5.86. The van der Waals surface area contributed by atoms with Crippen molar-refractivity contribution in [1.82, 2.24) is 60.0 Å². The van der Waals surface area contributed by atoms with Gasteiger partial charge >= 0.3 is 0 Å². The minimum atomic E-state index is -1.64. The maximum absolute atomic E-state index is 15.5. The number of nitrogens with zero attached hydrogens (tertiary/aromatic N) is 9. The molecule has 1 aliphatic rings. The highest BCUT2D eigenvalue weighted by Gasteiger charge is 2.48. The number of amides is 11. The number of nitrogens with one attached hydrogen (secondary N) is 3. The Labute approximate surface area is 567 Å². The summed E-state index contributed by atoms with van der Waals surface area (Å²) in [5, 5.41) is 32.0. The maximum Gasteiger partial charge on any atom is 0.248 e. The summed E-state index contributed by atoms with van der Waals surface area (Å²) < 4.78 is 0. The average Bonchev–Trinajstić information content (AvgIpc) is 0.800. The van der Waals surface area contributed by atoms with Gasteiger partial charge in [0.25, 0.3) is 0 Å². The average molecular weight is 1350 g/mol. The molecular weight excluding hydrogens is 1220 g/mol. The third kappa shape index (κ3) is 24.3. The molecule has 5 N–H and O–H groups in total. The van der Waals surface area contributed by atoms with Gasteiger partial charge in [0.2, 0.25) is 65.0 Å². The zero-order valence-electron chi connectivity index (χ0n) is 62.2. The quantitative estimate of drug-likeness (QED) is 0.0863. The van der Waals surface area contributed by atoms with Crippen LogP contribution in [0, 0.1) is 35.5 Å². The molecule has 0 aromatic heterocycles. The van der Waals surface area contributed by atoms with Gasteiger partial charge in [-0.3, -0.25) is 52.7 Å². The summed E-state index contributed by atoms with van der Waals surface area (Å²) in [5.74, 6) is -9.59. The topological polar surface area (TPSA) is 293 Å². The first kappa shape index (κ1) is 86.2. The fraction of sp³-hybridized carbons (Fsp3) is 0.809. The molecule has 0 unspecified atom stereocenters. The number of hydrogen-bond donors (Lipinski definition) is 5. The van der Waals surface area contributed by atoms with E-state index in [1.807, 2.05) is 66.6 Å². The van der Waals surface area contributed by atoms with E-state index < -0.39 is 161 Å². The standard InChI is InChI=1S/C68H124N12O13S/c1-28-30-31-44(13)56(81)55-67(92)73(20)47(29-2)61(86)78(25)52(38-94-33-32-72(18)19)64(89)77(24)51(37-68(16,17)93)59(84)71-53(42(9)10)65(90)74(21)48(34-39(3)4)58(83)69-45(14)57(82)70-46(15)60(85)75(22)49(35-40(5)6)62(87)76(23)50(36-41(7)8)63(88)79(26)54(43(11)12)66(91)80(55)27/h28,30,39-56,81,93H,29,31-38H2,1-27H3,(H,69,83)(H,70,82)(H,71,84)/b30-28+/t44-,45+,46-,47+,48+,49+,50+,51+,52-,53+,54+,55+,56-/m1/s1. The van der Waals surface area contributed by atoms with Gasteiger partial charge in [0, 0.05) is 80.9 Å². The number of carbonyl (C=O) groups excluding carboxylic acids is 11. The molecule has 0 aromatic carbocycles. The van der Waals surface area contributed by atoms with Crippen molar-refractivity contribution in [1.29, 1.82) is 0 Å². The summed E-state index contributed by atoms with van der Waals surface area (Å²) in [6.07, 6.45) is 2.41. The van der Waals surface area contributed by atoms with E-state index in [4.69, 9.17) is 0 Å². The van der Waals surface area contributed by atoms with Crippen LogP contribution in [-0.2, 0) is 52.7 Å². The lowest BCUT2D eigenvalue weighted by atomic mass is 9.91. The van der Waals surface area contributed by atoms with Crippen molar-refractivity contribution in [2.75, 3.05) is 88.5 Å². The van der Waals surface area contributed by atoms with Crippen molar-refractivity contribution in [3.05, 3.63) is 12.2 Å². The van der Waals surface area contributed by atoms with Crippen LogP contribution in [0.1, 0.15) is 156 Å². The molecule has 94 heavy (non-hydrogen) atoms. The van der Waals surface area contributed by atoms with E-state index in [2.05, 4.69) is 16.0 Å². The number of carbonyl (C=O) groups is 11.